The van der Waals surface area contributed by atoms with Gasteiger partial charge in [-0.15, -0.1) is 0 Å². The second kappa shape index (κ2) is 5.47. The van der Waals surface area contributed by atoms with Crippen LogP contribution < -0.4 is 5.32 Å². The SMILES string of the molecule is CCOC(=O)C(C)CNCC1(O)CCC1. The quantitative estimate of drug-likeness (QED) is 0.640. The number of hydrogen-bond acceptors (Lipinski definition) is 4. The van der Waals surface area contributed by atoms with Crippen LogP contribution in [0.4, 0.5) is 0 Å². The number of carbonyl (C=O) groups excluding carboxylic acids is 1. The van der Waals surface area contributed by atoms with Crippen LogP contribution in [0.1, 0.15) is 33.1 Å². The Kier molecular flexibility index (Phi) is 4.54. The standard InChI is InChI=1S/C11H21NO3/c1-3-15-10(13)9(2)7-12-8-11(14)5-4-6-11/h9,12,14H,3-8H2,1-2H3. The van der Waals surface area contributed by atoms with Gasteiger partial charge in [0.15, 0.2) is 0 Å². The number of ether oxygens (including phenoxy) is 1. The highest BCUT2D eigenvalue weighted by atomic mass is 16.5. The molecule has 0 heterocycles. The molecule has 2 N–H and O–H groups in total. The lowest BCUT2D eigenvalue weighted by molar-refractivity contribution is -0.147. The lowest BCUT2D eigenvalue weighted by Gasteiger charge is -2.36. The summed E-state index contributed by atoms with van der Waals surface area (Å²) in [6, 6.07) is 0. The zero-order chi connectivity index (χ0) is 11.3. The minimum atomic E-state index is -0.519. The summed E-state index contributed by atoms with van der Waals surface area (Å²) in [5.41, 5.74) is -0.519. The Morgan fingerprint density at radius 2 is 2.27 bits per heavy atom. The van der Waals surface area contributed by atoms with E-state index in [-0.39, 0.29) is 11.9 Å². The van der Waals surface area contributed by atoms with E-state index in [4.69, 9.17) is 4.74 Å². The fourth-order valence-electron chi connectivity index (χ4n) is 1.65. The van der Waals surface area contributed by atoms with Gasteiger partial charge in [0, 0.05) is 13.1 Å². The number of hydrogen-bond donors (Lipinski definition) is 2. The molecule has 0 radical (unpaired) electrons. The number of aliphatic hydroxyl groups is 1. The van der Waals surface area contributed by atoms with Crippen molar-refractivity contribution in [3.63, 3.8) is 0 Å². The first-order valence-electron chi connectivity index (χ1n) is 5.67. The second-order valence-electron chi connectivity index (χ2n) is 4.36. The van der Waals surface area contributed by atoms with E-state index in [1.165, 1.54) is 0 Å². The van der Waals surface area contributed by atoms with Gasteiger partial charge in [0.2, 0.25) is 0 Å². The molecule has 1 rings (SSSR count). The topological polar surface area (TPSA) is 58.6 Å². The Balaban J connectivity index is 2.11. The Hall–Kier alpha value is -0.610. The molecule has 0 amide bonds. The van der Waals surface area contributed by atoms with Gasteiger partial charge >= 0.3 is 5.97 Å². The average molecular weight is 215 g/mol. The van der Waals surface area contributed by atoms with Crippen molar-refractivity contribution in [2.75, 3.05) is 19.7 Å². The smallest absolute Gasteiger partial charge is 0.309 e. The first-order valence-corrected chi connectivity index (χ1v) is 5.67. The fraction of sp³-hybridized carbons (Fsp3) is 0.909. The highest BCUT2D eigenvalue weighted by Gasteiger charge is 2.33. The fourth-order valence-corrected chi connectivity index (χ4v) is 1.65. The average Bonchev–Trinajstić information content (AvgIpc) is 2.15. The van der Waals surface area contributed by atoms with E-state index in [0.717, 1.165) is 19.3 Å². The molecule has 0 spiro atoms. The van der Waals surface area contributed by atoms with Gasteiger partial charge in [0.1, 0.15) is 0 Å². The van der Waals surface area contributed by atoms with Crippen molar-refractivity contribution in [3.05, 3.63) is 0 Å². The number of rotatable bonds is 6. The van der Waals surface area contributed by atoms with Crippen molar-refractivity contribution < 1.29 is 14.6 Å². The molecule has 1 unspecified atom stereocenters. The second-order valence-corrected chi connectivity index (χ2v) is 4.36. The van der Waals surface area contributed by atoms with Crippen molar-refractivity contribution >= 4 is 5.97 Å². The largest absolute Gasteiger partial charge is 0.466 e. The molecule has 1 fully saturated rings. The summed E-state index contributed by atoms with van der Waals surface area (Å²) < 4.78 is 4.89. The van der Waals surface area contributed by atoms with Crippen LogP contribution in [0.5, 0.6) is 0 Å². The van der Waals surface area contributed by atoms with Gasteiger partial charge in [-0.05, 0) is 26.2 Å². The van der Waals surface area contributed by atoms with Crippen LogP contribution >= 0.6 is 0 Å². The number of esters is 1. The zero-order valence-electron chi connectivity index (χ0n) is 9.58. The summed E-state index contributed by atoms with van der Waals surface area (Å²) in [4.78, 5) is 11.3. The Labute approximate surface area is 91.0 Å². The van der Waals surface area contributed by atoms with Gasteiger partial charge in [-0.3, -0.25) is 4.79 Å². The third kappa shape index (κ3) is 3.80. The first kappa shape index (κ1) is 12.5. The van der Waals surface area contributed by atoms with Crippen molar-refractivity contribution in [1.82, 2.24) is 5.32 Å². The highest BCUT2D eigenvalue weighted by Crippen LogP contribution is 2.30. The zero-order valence-corrected chi connectivity index (χ0v) is 9.58. The summed E-state index contributed by atoms with van der Waals surface area (Å²) in [6.07, 6.45) is 2.84. The minimum Gasteiger partial charge on any atom is -0.466 e. The van der Waals surface area contributed by atoms with Crippen LogP contribution in [0.2, 0.25) is 0 Å². The van der Waals surface area contributed by atoms with Crippen LogP contribution in [-0.2, 0) is 9.53 Å². The molecule has 4 heteroatoms. The maximum atomic E-state index is 11.3. The van der Waals surface area contributed by atoms with Crippen LogP contribution in [0, 0.1) is 5.92 Å². The molecule has 4 nitrogen and oxygen atoms in total. The Morgan fingerprint density at radius 1 is 1.60 bits per heavy atom. The monoisotopic (exact) mass is 215 g/mol. The van der Waals surface area contributed by atoms with E-state index in [1.54, 1.807) is 6.92 Å². The van der Waals surface area contributed by atoms with Gasteiger partial charge < -0.3 is 15.2 Å². The van der Waals surface area contributed by atoms with Crippen LogP contribution in [0.25, 0.3) is 0 Å². The molecule has 0 aromatic rings. The van der Waals surface area contributed by atoms with Crippen molar-refractivity contribution in [3.8, 4) is 0 Å². The molecule has 1 saturated carbocycles. The van der Waals surface area contributed by atoms with Crippen molar-refractivity contribution in [2.24, 2.45) is 5.92 Å². The predicted molar refractivity (Wildman–Crippen MR) is 57.5 cm³/mol. The molecular formula is C11H21NO3. The summed E-state index contributed by atoms with van der Waals surface area (Å²) >= 11 is 0. The van der Waals surface area contributed by atoms with E-state index >= 15 is 0 Å². The maximum Gasteiger partial charge on any atom is 0.309 e. The Bertz CT molecular complexity index is 214. The number of nitrogens with one attached hydrogen (secondary N) is 1. The van der Waals surface area contributed by atoms with Gasteiger partial charge in [-0.2, -0.15) is 0 Å². The van der Waals surface area contributed by atoms with Gasteiger partial charge in [-0.25, -0.2) is 0 Å². The van der Waals surface area contributed by atoms with Gasteiger partial charge in [0.25, 0.3) is 0 Å². The molecule has 1 atom stereocenters. The predicted octanol–water partition coefficient (Wildman–Crippen LogP) is 0.690. The number of carbonyl (C=O) groups is 1. The van der Waals surface area contributed by atoms with E-state index < -0.39 is 5.60 Å². The molecule has 15 heavy (non-hydrogen) atoms. The van der Waals surface area contributed by atoms with Crippen LogP contribution in [0.15, 0.2) is 0 Å². The third-order valence-electron chi connectivity index (χ3n) is 2.88. The lowest BCUT2D eigenvalue weighted by Crippen LogP contribution is -2.47. The molecule has 88 valence electrons. The molecule has 1 aliphatic rings. The summed E-state index contributed by atoms with van der Waals surface area (Å²) in [5.74, 6) is -0.320. The molecule has 0 aliphatic heterocycles. The van der Waals surface area contributed by atoms with E-state index in [9.17, 15) is 9.90 Å². The molecular weight excluding hydrogens is 194 g/mol. The van der Waals surface area contributed by atoms with Gasteiger partial charge in [-0.1, -0.05) is 6.92 Å². The van der Waals surface area contributed by atoms with E-state index in [2.05, 4.69) is 5.32 Å². The molecule has 0 saturated heterocycles. The normalized spacial score (nSPS) is 20.5. The van der Waals surface area contributed by atoms with Crippen LogP contribution in [-0.4, -0.2) is 36.4 Å². The third-order valence-corrected chi connectivity index (χ3v) is 2.88. The van der Waals surface area contributed by atoms with Crippen LogP contribution in [0.3, 0.4) is 0 Å². The Morgan fingerprint density at radius 3 is 2.73 bits per heavy atom. The molecule has 0 bridgehead atoms. The molecule has 0 aromatic carbocycles. The summed E-state index contributed by atoms with van der Waals surface area (Å²) in [7, 11) is 0. The minimum absolute atomic E-state index is 0.145. The van der Waals surface area contributed by atoms with E-state index in [0.29, 0.717) is 19.7 Å². The first-order chi connectivity index (χ1) is 7.07. The summed E-state index contributed by atoms with van der Waals surface area (Å²) in [6.45, 7) is 5.20. The lowest BCUT2D eigenvalue weighted by atomic mass is 9.80. The highest BCUT2D eigenvalue weighted by molar-refractivity contribution is 5.72. The maximum absolute atomic E-state index is 11.3. The van der Waals surface area contributed by atoms with Crippen molar-refractivity contribution in [2.45, 2.75) is 38.7 Å². The molecule has 1 aliphatic carbocycles. The van der Waals surface area contributed by atoms with Gasteiger partial charge in [0.05, 0.1) is 18.1 Å². The van der Waals surface area contributed by atoms with E-state index in [1.807, 2.05) is 6.92 Å². The summed E-state index contributed by atoms with van der Waals surface area (Å²) in [5, 5.41) is 12.9. The molecule has 0 aromatic heterocycles. The van der Waals surface area contributed by atoms with Crippen molar-refractivity contribution in [1.29, 1.82) is 0 Å².